The Morgan fingerprint density at radius 3 is 2.94 bits per heavy atom. The number of aryl methyl sites for hydroxylation is 1. The fourth-order valence-corrected chi connectivity index (χ4v) is 1.92. The Labute approximate surface area is 102 Å². The Morgan fingerprint density at radius 2 is 2.24 bits per heavy atom. The van der Waals surface area contributed by atoms with Crippen LogP contribution < -0.4 is 5.32 Å². The second-order valence-corrected chi connectivity index (χ2v) is 4.03. The normalized spacial score (nSPS) is 12.5. The van der Waals surface area contributed by atoms with Crippen LogP contribution in [0.1, 0.15) is 19.7 Å². The summed E-state index contributed by atoms with van der Waals surface area (Å²) >= 11 is 0. The topological polar surface area (TPSA) is 29.9 Å². The van der Waals surface area contributed by atoms with Gasteiger partial charge in [-0.2, -0.15) is 0 Å². The third kappa shape index (κ3) is 2.32. The third-order valence-corrected chi connectivity index (χ3v) is 2.87. The van der Waals surface area contributed by atoms with Crippen LogP contribution in [0, 0.1) is 12.3 Å². The SMILES string of the molecule is C#CC(C)NCc1nc2ccccc2n1CC. The molecule has 0 saturated carbocycles. The van der Waals surface area contributed by atoms with Crippen LogP contribution >= 0.6 is 0 Å². The quantitative estimate of drug-likeness (QED) is 0.811. The van der Waals surface area contributed by atoms with E-state index in [1.165, 1.54) is 5.52 Å². The van der Waals surface area contributed by atoms with Crippen molar-refractivity contribution < 1.29 is 0 Å². The average molecular weight is 227 g/mol. The Bertz CT molecular complexity index is 548. The minimum absolute atomic E-state index is 0.0696. The number of nitrogens with one attached hydrogen (secondary N) is 1. The zero-order valence-electron chi connectivity index (χ0n) is 10.3. The van der Waals surface area contributed by atoms with Crippen molar-refractivity contribution >= 4 is 11.0 Å². The molecule has 0 bridgehead atoms. The third-order valence-electron chi connectivity index (χ3n) is 2.87. The van der Waals surface area contributed by atoms with E-state index in [-0.39, 0.29) is 6.04 Å². The largest absolute Gasteiger partial charge is 0.327 e. The second-order valence-electron chi connectivity index (χ2n) is 4.03. The lowest BCUT2D eigenvalue weighted by atomic mass is 10.3. The average Bonchev–Trinajstić information content (AvgIpc) is 2.73. The molecule has 0 fully saturated rings. The smallest absolute Gasteiger partial charge is 0.123 e. The van der Waals surface area contributed by atoms with Crippen LogP contribution in [-0.4, -0.2) is 15.6 Å². The molecule has 3 heteroatoms. The van der Waals surface area contributed by atoms with Crippen LogP contribution in [0.4, 0.5) is 0 Å². The molecule has 1 unspecified atom stereocenters. The number of hydrogen-bond donors (Lipinski definition) is 1. The number of rotatable bonds is 4. The summed E-state index contributed by atoms with van der Waals surface area (Å²) in [5.41, 5.74) is 2.22. The Hall–Kier alpha value is -1.79. The van der Waals surface area contributed by atoms with E-state index in [4.69, 9.17) is 6.42 Å². The van der Waals surface area contributed by atoms with Gasteiger partial charge in [0.05, 0.1) is 23.6 Å². The van der Waals surface area contributed by atoms with E-state index in [1.54, 1.807) is 0 Å². The summed E-state index contributed by atoms with van der Waals surface area (Å²) in [6, 6.07) is 8.25. The molecule has 2 rings (SSSR count). The number of hydrogen-bond acceptors (Lipinski definition) is 2. The first-order chi connectivity index (χ1) is 8.26. The summed E-state index contributed by atoms with van der Waals surface area (Å²) in [5, 5.41) is 3.26. The summed E-state index contributed by atoms with van der Waals surface area (Å²) in [6.45, 7) is 5.72. The van der Waals surface area contributed by atoms with E-state index in [0.29, 0.717) is 6.54 Å². The standard InChI is InChI=1S/C14H17N3/c1-4-11(3)15-10-14-16-12-8-6-7-9-13(12)17(14)5-2/h1,6-9,11,15H,5,10H2,2-3H3. The van der Waals surface area contributed by atoms with E-state index >= 15 is 0 Å². The van der Waals surface area contributed by atoms with E-state index in [2.05, 4.69) is 33.8 Å². The van der Waals surface area contributed by atoms with Gasteiger partial charge >= 0.3 is 0 Å². The van der Waals surface area contributed by atoms with E-state index in [0.717, 1.165) is 17.9 Å². The van der Waals surface area contributed by atoms with Gasteiger partial charge in [0.2, 0.25) is 0 Å². The van der Waals surface area contributed by atoms with Gasteiger partial charge in [-0.15, -0.1) is 6.42 Å². The van der Waals surface area contributed by atoms with Crippen molar-refractivity contribution in [2.75, 3.05) is 0 Å². The first kappa shape index (κ1) is 11.7. The number of nitrogens with zero attached hydrogens (tertiary/aromatic N) is 2. The van der Waals surface area contributed by atoms with Gasteiger partial charge in [-0.05, 0) is 26.0 Å². The predicted molar refractivity (Wildman–Crippen MR) is 70.5 cm³/mol. The molecular weight excluding hydrogens is 210 g/mol. The molecule has 1 N–H and O–H groups in total. The predicted octanol–water partition coefficient (Wildman–Crippen LogP) is 2.17. The maximum absolute atomic E-state index is 5.34. The molecule has 1 heterocycles. The lowest BCUT2D eigenvalue weighted by Gasteiger charge is -2.09. The van der Waals surface area contributed by atoms with Crippen molar-refractivity contribution in [3.63, 3.8) is 0 Å². The number of para-hydroxylation sites is 2. The highest BCUT2D eigenvalue weighted by Crippen LogP contribution is 2.15. The van der Waals surface area contributed by atoms with Crippen LogP contribution in [0.5, 0.6) is 0 Å². The van der Waals surface area contributed by atoms with E-state index in [1.807, 2.05) is 25.1 Å². The minimum Gasteiger partial charge on any atom is -0.327 e. The molecule has 0 aliphatic carbocycles. The molecule has 0 aliphatic rings. The fourth-order valence-electron chi connectivity index (χ4n) is 1.92. The van der Waals surface area contributed by atoms with Gasteiger partial charge in [-0.25, -0.2) is 4.98 Å². The van der Waals surface area contributed by atoms with Crippen molar-refractivity contribution in [2.45, 2.75) is 33.0 Å². The highest BCUT2D eigenvalue weighted by molar-refractivity contribution is 5.75. The zero-order valence-corrected chi connectivity index (χ0v) is 10.3. The van der Waals surface area contributed by atoms with Gasteiger partial charge in [-0.1, -0.05) is 18.1 Å². The molecular formula is C14H17N3. The van der Waals surface area contributed by atoms with Crippen molar-refractivity contribution in [1.82, 2.24) is 14.9 Å². The second kappa shape index (κ2) is 5.03. The summed E-state index contributed by atoms with van der Waals surface area (Å²) < 4.78 is 2.21. The van der Waals surface area contributed by atoms with Crippen molar-refractivity contribution in [3.05, 3.63) is 30.1 Å². The summed E-state index contributed by atoms with van der Waals surface area (Å²) in [7, 11) is 0. The van der Waals surface area contributed by atoms with Gasteiger partial charge < -0.3 is 4.57 Å². The van der Waals surface area contributed by atoms with Crippen LogP contribution in [0.3, 0.4) is 0 Å². The molecule has 1 aromatic heterocycles. The van der Waals surface area contributed by atoms with Gasteiger partial charge in [0.15, 0.2) is 0 Å². The molecule has 1 aromatic carbocycles. The summed E-state index contributed by atoms with van der Waals surface area (Å²) in [4.78, 5) is 4.62. The number of benzene rings is 1. The van der Waals surface area contributed by atoms with E-state index < -0.39 is 0 Å². The molecule has 0 aliphatic heterocycles. The maximum Gasteiger partial charge on any atom is 0.123 e. The molecule has 3 nitrogen and oxygen atoms in total. The van der Waals surface area contributed by atoms with Gasteiger partial charge in [0, 0.05) is 6.54 Å². The van der Waals surface area contributed by atoms with Crippen LogP contribution in [0.15, 0.2) is 24.3 Å². The number of aromatic nitrogens is 2. The lowest BCUT2D eigenvalue weighted by Crippen LogP contribution is -2.25. The molecule has 0 saturated heterocycles. The molecule has 0 amide bonds. The Balaban J connectivity index is 2.31. The number of fused-ring (bicyclic) bond motifs is 1. The molecule has 2 aromatic rings. The molecule has 0 radical (unpaired) electrons. The molecule has 88 valence electrons. The first-order valence-electron chi connectivity index (χ1n) is 5.90. The molecule has 1 atom stereocenters. The minimum atomic E-state index is 0.0696. The number of terminal acetylenes is 1. The van der Waals surface area contributed by atoms with Crippen LogP contribution in [0.2, 0.25) is 0 Å². The summed E-state index contributed by atoms with van der Waals surface area (Å²) in [5.74, 6) is 3.70. The zero-order chi connectivity index (χ0) is 12.3. The summed E-state index contributed by atoms with van der Waals surface area (Å²) in [6.07, 6.45) is 5.34. The monoisotopic (exact) mass is 227 g/mol. The lowest BCUT2D eigenvalue weighted by molar-refractivity contribution is 0.595. The number of imidazole rings is 1. The van der Waals surface area contributed by atoms with Crippen LogP contribution in [0.25, 0.3) is 11.0 Å². The fraction of sp³-hybridized carbons (Fsp3) is 0.357. The Kier molecular flexibility index (Phi) is 3.46. The molecule has 0 spiro atoms. The van der Waals surface area contributed by atoms with Gasteiger partial charge in [-0.3, -0.25) is 5.32 Å². The van der Waals surface area contributed by atoms with E-state index in [9.17, 15) is 0 Å². The highest BCUT2D eigenvalue weighted by atomic mass is 15.1. The van der Waals surface area contributed by atoms with Crippen molar-refractivity contribution in [1.29, 1.82) is 0 Å². The molecule has 17 heavy (non-hydrogen) atoms. The Morgan fingerprint density at radius 1 is 1.47 bits per heavy atom. The van der Waals surface area contributed by atoms with Gasteiger partial charge in [0.25, 0.3) is 0 Å². The highest BCUT2D eigenvalue weighted by Gasteiger charge is 2.08. The van der Waals surface area contributed by atoms with Gasteiger partial charge in [0.1, 0.15) is 5.82 Å². The van der Waals surface area contributed by atoms with Crippen LogP contribution in [-0.2, 0) is 13.1 Å². The van der Waals surface area contributed by atoms with Crippen molar-refractivity contribution in [3.8, 4) is 12.3 Å². The van der Waals surface area contributed by atoms with Crippen molar-refractivity contribution in [2.24, 2.45) is 0 Å². The first-order valence-corrected chi connectivity index (χ1v) is 5.90. The maximum atomic E-state index is 5.34.